The summed E-state index contributed by atoms with van der Waals surface area (Å²) in [4.78, 5) is 16.5. The summed E-state index contributed by atoms with van der Waals surface area (Å²) in [5, 5.41) is 6.36. The van der Waals surface area contributed by atoms with Gasteiger partial charge in [0.25, 0.3) is 0 Å². The van der Waals surface area contributed by atoms with Gasteiger partial charge in [0.2, 0.25) is 5.91 Å². The van der Waals surface area contributed by atoms with Crippen LogP contribution in [0.15, 0.2) is 48.8 Å². The van der Waals surface area contributed by atoms with E-state index >= 15 is 0 Å². The number of halogens is 1. The molecule has 4 nitrogen and oxygen atoms in total. The fraction of sp³-hybridized carbons (Fsp3) is 0.294. The molecule has 0 bridgehead atoms. The predicted molar refractivity (Wildman–Crippen MR) is 88.8 cm³/mol. The molecular weight excluding hydrogens is 298 g/mol. The quantitative estimate of drug-likeness (QED) is 0.914. The lowest BCUT2D eigenvalue weighted by atomic mass is 9.95. The Bertz CT molecular complexity index is 633. The minimum absolute atomic E-state index is 0. The Labute approximate surface area is 136 Å². The van der Waals surface area contributed by atoms with Crippen LogP contribution in [0.1, 0.15) is 29.7 Å². The van der Waals surface area contributed by atoms with Crippen LogP contribution in [0.5, 0.6) is 0 Å². The van der Waals surface area contributed by atoms with Gasteiger partial charge < -0.3 is 10.6 Å². The van der Waals surface area contributed by atoms with Crippen molar-refractivity contribution in [2.24, 2.45) is 0 Å². The summed E-state index contributed by atoms with van der Waals surface area (Å²) in [6.07, 6.45) is 4.26. The Morgan fingerprint density at radius 1 is 1.27 bits per heavy atom. The summed E-state index contributed by atoms with van der Waals surface area (Å²) in [7, 11) is 0. The highest BCUT2D eigenvalue weighted by molar-refractivity contribution is 5.85. The van der Waals surface area contributed by atoms with Gasteiger partial charge in [0, 0.05) is 18.9 Å². The molecule has 22 heavy (non-hydrogen) atoms. The van der Waals surface area contributed by atoms with E-state index in [0.29, 0.717) is 0 Å². The van der Waals surface area contributed by atoms with Gasteiger partial charge in [-0.25, -0.2) is 0 Å². The van der Waals surface area contributed by atoms with Crippen LogP contribution < -0.4 is 10.6 Å². The Morgan fingerprint density at radius 3 is 2.77 bits per heavy atom. The molecule has 0 aliphatic carbocycles. The molecule has 0 saturated heterocycles. The van der Waals surface area contributed by atoms with Crippen molar-refractivity contribution < 1.29 is 4.79 Å². The molecule has 0 fully saturated rings. The first kappa shape index (κ1) is 16.5. The number of hydrogen-bond donors (Lipinski definition) is 2. The molecule has 2 heterocycles. The summed E-state index contributed by atoms with van der Waals surface area (Å²) in [5.74, 6) is 0.0425. The number of amides is 1. The van der Waals surface area contributed by atoms with Gasteiger partial charge in [0.05, 0.1) is 12.1 Å². The van der Waals surface area contributed by atoms with Gasteiger partial charge in [-0.05, 0) is 36.1 Å². The molecule has 116 valence electrons. The van der Waals surface area contributed by atoms with Crippen molar-refractivity contribution in [3.8, 4) is 0 Å². The van der Waals surface area contributed by atoms with Crippen molar-refractivity contribution in [1.29, 1.82) is 0 Å². The normalized spacial score (nSPS) is 17.8. The molecule has 1 aromatic heterocycles. The van der Waals surface area contributed by atoms with Crippen molar-refractivity contribution in [2.45, 2.75) is 32.0 Å². The zero-order valence-electron chi connectivity index (χ0n) is 12.5. The largest absolute Gasteiger partial charge is 0.348 e. The number of benzene rings is 1. The van der Waals surface area contributed by atoms with Gasteiger partial charge in [-0.2, -0.15) is 0 Å². The highest BCUT2D eigenvalue weighted by atomic mass is 35.5. The number of carbonyl (C=O) groups is 1. The number of nitrogens with one attached hydrogen (secondary N) is 2. The van der Waals surface area contributed by atoms with Gasteiger partial charge in [-0.3, -0.25) is 9.78 Å². The van der Waals surface area contributed by atoms with Crippen LogP contribution in [-0.4, -0.2) is 16.9 Å². The summed E-state index contributed by atoms with van der Waals surface area (Å²) in [6, 6.07) is 11.9. The van der Waals surface area contributed by atoms with E-state index in [1.54, 1.807) is 12.4 Å². The summed E-state index contributed by atoms with van der Waals surface area (Å²) in [6.45, 7) is 2.72. The molecule has 0 spiro atoms. The Morgan fingerprint density at radius 2 is 2.05 bits per heavy atom. The van der Waals surface area contributed by atoms with E-state index in [1.165, 1.54) is 11.1 Å². The van der Waals surface area contributed by atoms with E-state index < -0.39 is 0 Å². The lowest BCUT2D eigenvalue weighted by Crippen LogP contribution is -2.48. The van der Waals surface area contributed by atoms with Gasteiger partial charge in [0.1, 0.15) is 0 Å². The van der Waals surface area contributed by atoms with E-state index in [2.05, 4.69) is 27.8 Å². The number of aromatic nitrogens is 1. The van der Waals surface area contributed by atoms with Crippen molar-refractivity contribution >= 4 is 18.3 Å². The van der Waals surface area contributed by atoms with E-state index in [0.717, 1.165) is 18.5 Å². The second kappa shape index (κ2) is 7.38. The number of carbonyl (C=O) groups excluding carboxylic acids is 1. The molecule has 2 unspecified atom stereocenters. The Balaban J connectivity index is 0.00000176. The summed E-state index contributed by atoms with van der Waals surface area (Å²) in [5.41, 5.74) is 3.55. The van der Waals surface area contributed by atoms with Crippen molar-refractivity contribution in [3.63, 3.8) is 0 Å². The smallest absolute Gasteiger partial charge is 0.237 e. The number of hydrogen-bond acceptors (Lipinski definition) is 3. The third kappa shape index (κ3) is 3.64. The molecule has 2 N–H and O–H groups in total. The molecule has 1 amide bonds. The molecular formula is C17H20ClN3O. The van der Waals surface area contributed by atoms with E-state index in [1.807, 2.05) is 31.2 Å². The lowest BCUT2D eigenvalue weighted by molar-refractivity contribution is -0.124. The molecule has 0 saturated carbocycles. The lowest BCUT2D eigenvalue weighted by Gasteiger charge is -2.26. The average molecular weight is 318 g/mol. The van der Waals surface area contributed by atoms with Crippen LogP contribution in [0, 0.1) is 0 Å². The predicted octanol–water partition coefficient (Wildman–Crippen LogP) is 2.40. The summed E-state index contributed by atoms with van der Waals surface area (Å²) >= 11 is 0. The zero-order valence-corrected chi connectivity index (χ0v) is 13.3. The number of fused-ring (bicyclic) bond motifs is 1. The Kier molecular flexibility index (Phi) is 5.52. The van der Waals surface area contributed by atoms with Gasteiger partial charge in [-0.15, -0.1) is 12.4 Å². The fourth-order valence-electron chi connectivity index (χ4n) is 2.67. The fourth-order valence-corrected chi connectivity index (χ4v) is 2.67. The SMILES string of the molecule is CC(NC(=O)C1Cc2ccccc2CN1)c1cccnc1.Cl. The van der Waals surface area contributed by atoms with Crippen LogP contribution in [0.2, 0.25) is 0 Å². The average Bonchev–Trinajstić information content (AvgIpc) is 2.55. The zero-order chi connectivity index (χ0) is 14.7. The van der Waals surface area contributed by atoms with Gasteiger partial charge in [0.15, 0.2) is 0 Å². The number of pyridine rings is 1. The molecule has 1 aliphatic rings. The topological polar surface area (TPSA) is 54.0 Å². The molecule has 2 aromatic rings. The van der Waals surface area contributed by atoms with Gasteiger partial charge >= 0.3 is 0 Å². The highest BCUT2D eigenvalue weighted by Gasteiger charge is 2.24. The first-order chi connectivity index (χ1) is 10.2. The third-order valence-corrected chi connectivity index (χ3v) is 3.94. The van der Waals surface area contributed by atoms with Crippen LogP contribution in [0.25, 0.3) is 0 Å². The first-order valence-corrected chi connectivity index (χ1v) is 7.24. The minimum Gasteiger partial charge on any atom is -0.348 e. The highest BCUT2D eigenvalue weighted by Crippen LogP contribution is 2.17. The minimum atomic E-state index is -0.168. The van der Waals surface area contributed by atoms with Crippen LogP contribution in [0.3, 0.4) is 0 Å². The molecule has 5 heteroatoms. The standard InChI is InChI=1S/C17H19N3O.ClH/c1-12(14-7-4-8-18-10-14)20-17(21)16-9-13-5-2-3-6-15(13)11-19-16;/h2-8,10,12,16,19H,9,11H2,1H3,(H,20,21);1H. The Hall–Kier alpha value is -1.91. The number of rotatable bonds is 3. The second-order valence-corrected chi connectivity index (χ2v) is 5.42. The second-order valence-electron chi connectivity index (χ2n) is 5.42. The maximum Gasteiger partial charge on any atom is 0.237 e. The maximum absolute atomic E-state index is 12.4. The van der Waals surface area contributed by atoms with Crippen molar-refractivity contribution in [2.75, 3.05) is 0 Å². The van der Waals surface area contributed by atoms with Crippen molar-refractivity contribution in [3.05, 3.63) is 65.5 Å². The number of nitrogens with zero attached hydrogens (tertiary/aromatic N) is 1. The monoisotopic (exact) mass is 317 g/mol. The summed E-state index contributed by atoms with van der Waals surface area (Å²) < 4.78 is 0. The van der Waals surface area contributed by atoms with Crippen molar-refractivity contribution in [1.82, 2.24) is 15.6 Å². The molecule has 3 rings (SSSR count). The maximum atomic E-state index is 12.4. The molecule has 0 radical (unpaired) electrons. The van der Waals surface area contributed by atoms with Crippen LogP contribution in [0.4, 0.5) is 0 Å². The molecule has 1 aromatic carbocycles. The molecule has 1 aliphatic heterocycles. The first-order valence-electron chi connectivity index (χ1n) is 7.24. The molecule has 2 atom stereocenters. The van der Waals surface area contributed by atoms with Gasteiger partial charge in [-0.1, -0.05) is 30.3 Å². The third-order valence-electron chi connectivity index (χ3n) is 3.94. The van der Waals surface area contributed by atoms with E-state index in [-0.39, 0.29) is 30.4 Å². The van der Waals surface area contributed by atoms with Crippen LogP contribution >= 0.6 is 12.4 Å². The van der Waals surface area contributed by atoms with E-state index in [9.17, 15) is 4.79 Å². The van der Waals surface area contributed by atoms with E-state index in [4.69, 9.17) is 0 Å². The van der Waals surface area contributed by atoms with Crippen LogP contribution in [-0.2, 0) is 17.8 Å².